The van der Waals surface area contributed by atoms with Gasteiger partial charge < -0.3 is 10.1 Å². The molecule has 0 spiro atoms. The van der Waals surface area contributed by atoms with E-state index in [1.54, 1.807) is 0 Å². The molecule has 0 aliphatic carbocycles. The van der Waals surface area contributed by atoms with E-state index >= 15 is 0 Å². The fraction of sp³-hybridized carbons (Fsp3) is 0.250. The Hall–Kier alpha value is -0.710. The second-order valence-electron chi connectivity index (χ2n) is 5.00. The van der Waals surface area contributed by atoms with Crippen molar-refractivity contribution in [2.75, 3.05) is 11.9 Å². The summed E-state index contributed by atoms with van der Waals surface area (Å²) in [4.78, 5) is 0. The van der Waals surface area contributed by atoms with Crippen LogP contribution in [0.1, 0.15) is 24.4 Å². The topological polar surface area (TPSA) is 21.3 Å². The number of rotatable bonds is 2. The summed E-state index contributed by atoms with van der Waals surface area (Å²) in [7, 11) is 0. The molecule has 110 valence electrons. The normalized spacial score (nSPS) is 17.6. The summed E-state index contributed by atoms with van der Waals surface area (Å²) in [6.07, 6.45) is 2.06. The Labute approximate surface area is 146 Å². The van der Waals surface area contributed by atoms with Crippen LogP contribution in [0, 0.1) is 0 Å². The van der Waals surface area contributed by atoms with Gasteiger partial charge in [-0.25, -0.2) is 0 Å². The first-order valence-corrected chi connectivity index (χ1v) is 8.74. The Morgan fingerprint density at radius 1 is 1.14 bits per heavy atom. The molecule has 3 rings (SSSR count). The molecule has 21 heavy (non-hydrogen) atoms. The Balaban J connectivity index is 1.90. The first-order valence-electron chi connectivity index (χ1n) is 6.77. The van der Waals surface area contributed by atoms with Crippen LogP contribution in [0.4, 0.5) is 5.69 Å². The molecule has 1 unspecified atom stereocenters. The lowest BCUT2D eigenvalue weighted by Crippen LogP contribution is -2.10. The molecule has 0 saturated carbocycles. The number of ether oxygens (including phenoxy) is 1. The van der Waals surface area contributed by atoms with E-state index in [-0.39, 0.29) is 6.04 Å². The molecule has 1 aliphatic heterocycles. The van der Waals surface area contributed by atoms with Crippen molar-refractivity contribution in [2.45, 2.75) is 18.9 Å². The van der Waals surface area contributed by atoms with Crippen molar-refractivity contribution in [3.63, 3.8) is 0 Å². The second kappa shape index (κ2) is 6.59. The van der Waals surface area contributed by atoms with E-state index in [1.165, 1.54) is 5.56 Å². The number of benzene rings is 2. The Morgan fingerprint density at radius 3 is 2.81 bits per heavy atom. The molecule has 1 N–H and O–H groups in total. The molecule has 2 nitrogen and oxygen atoms in total. The van der Waals surface area contributed by atoms with E-state index in [2.05, 4.69) is 49.3 Å². The molecule has 0 aromatic heterocycles. The van der Waals surface area contributed by atoms with Gasteiger partial charge in [-0.05, 0) is 59.1 Å². The Morgan fingerprint density at radius 2 is 2.00 bits per heavy atom. The van der Waals surface area contributed by atoms with E-state index in [4.69, 9.17) is 16.3 Å². The second-order valence-corrected chi connectivity index (χ2v) is 7.18. The van der Waals surface area contributed by atoms with Crippen molar-refractivity contribution in [2.24, 2.45) is 0 Å². The minimum absolute atomic E-state index is 0.240. The lowest BCUT2D eigenvalue weighted by atomic mass is 10.0. The predicted molar refractivity (Wildman–Crippen MR) is 94.4 cm³/mol. The number of halogens is 3. The van der Waals surface area contributed by atoms with Crippen LogP contribution >= 0.6 is 43.5 Å². The monoisotopic (exact) mass is 429 g/mol. The molecule has 0 radical (unpaired) electrons. The molecule has 2 aromatic rings. The summed E-state index contributed by atoms with van der Waals surface area (Å²) < 4.78 is 7.78. The Bertz CT molecular complexity index is 663. The maximum atomic E-state index is 6.05. The first kappa shape index (κ1) is 15.2. The van der Waals surface area contributed by atoms with Crippen molar-refractivity contribution in [3.05, 3.63) is 55.9 Å². The van der Waals surface area contributed by atoms with Crippen LogP contribution in [0.25, 0.3) is 0 Å². The van der Waals surface area contributed by atoms with Crippen LogP contribution in [0.2, 0.25) is 5.02 Å². The summed E-state index contributed by atoms with van der Waals surface area (Å²) in [5, 5.41) is 4.30. The summed E-state index contributed by atoms with van der Waals surface area (Å²) >= 11 is 13.0. The molecule has 0 amide bonds. The van der Waals surface area contributed by atoms with Crippen molar-refractivity contribution in [3.8, 4) is 5.75 Å². The molecule has 5 heteroatoms. The fourth-order valence-corrected chi connectivity index (χ4v) is 3.32. The van der Waals surface area contributed by atoms with Gasteiger partial charge in [-0.3, -0.25) is 0 Å². The number of nitrogens with one attached hydrogen (secondary N) is 1. The van der Waals surface area contributed by atoms with E-state index in [9.17, 15) is 0 Å². The number of hydrogen-bond donors (Lipinski definition) is 1. The minimum Gasteiger partial charge on any atom is -0.493 e. The fourth-order valence-electron chi connectivity index (χ4n) is 2.48. The maximum Gasteiger partial charge on any atom is 0.125 e. The third-order valence-electron chi connectivity index (χ3n) is 3.51. The summed E-state index contributed by atoms with van der Waals surface area (Å²) in [5.41, 5.74) is 2.24. The van der Waals surface area contributed by atoms with Crippen LogP contribution in [0.5, 0.6) is 5.75 Å². The highest BCUT2D eigenvalue weighted by Gasteiger charge is 2.20. The van der Waals surface area contributed by atoms with E-state index in [1.807, 2.05) is 24.3 Å². The van der Waals surface area contributed by atoms with E-state index < -0.39 is 0 Å². The van der Waals surface area contributed by atoms with Crippen molar-refractivity contribution in [1.29, 1.82) is 0 Å². The van der Waals surface area contributed by atoms with Gasteiger partial charge in [0.15, 0.2) is 0 Å². The SMILES string of the molecule is Clc1ccc(NC2CCCOc3cc(Br)ccc32)cc1Br. The highest BCUT2D eigenvalue weighted by atomic mass is 79.9. The molecule has 0 fully saturated rings. The zero-order chi connectivity index (χ0) is 14.8. The zero-order valence-electron chi connectivity index (χ0n) is 11.2. The van der Waals surface area contributed by atoms with Crippen LogP contribution in [0.3, 0.4) is 0 Å². The van der Waals surface area contributed by atoms with Gasteiger partial charge in [0.2, 0.25) is 0 Å². The smallest absolute Gasteiger partial charge is 0.125 e. The third-order valence-corrected chi connectivity index (χ3v) is 5.21. The van der Waals surface area contributed by atoms with Crippen LogP contribution in [0.15, 0.2) is 45.3 Å². The molecule has 1 aliphatic rings. The van der Waals surface area contributed by atoms with Crippen LogP contribution < -0.4 is 10.1 Å². The van der Waals surface area contributed by atoms with Gasteiger partial charge in [-0.2, -0.15) is 0 Å². The van der Waals surface area contributed by atoms with E-state index in [0.29, 0.717) is 5.02 Å². The molecular weight excluding hydrogens is 417 g/mol. The third kappa shape index (κ3) is 3.55. The molecule has 1 atom stereocenters. The van der Waals surface area contributed by atoms with Gasteiger partial charge in [0.25, 0.3) is 0 Å². The Kier molecular flexibility index (Phi) is 4.77. The number of hydrogen-bond acceptors (Lipinski definition) is 2. The van der Waals surface area contributed by atoms with Gasteiger partial charge >= 0.3 is 0 Å². The lowest BCUT2D eigenvalue weighted by Gasteiger charge is -2.20. The number of anilines is 1. The number of fused-ring (bicyclic) bond motifs is 1. The highest BCUT2D eigenvalue weighted by Crippen LogP contribution is 2.36. The van der Waals surface area contributed by atoms with Gasteiger partial charge in [0.05, 0.1) is 17.7 Å². The minimum atomic E-state index is 0.240. The largest absolute Gasteiger partial charge is 0.493 e. The summed E-state index contributed by atoms with van der Waals surface area (Å²) in [6, 6.07) is 12.3. The van der Waals surface area contributed by atoms with Crippen LogP contribution in [-0.4, -0.2) is 6.61 Å². The van der Waals surface area contributed by atoms with Crippen molar-refractivity contribution in [1.82, 2.24) is 0 Å². The summed E-state index contributed by atoms with van der Waals surface area (Å²) in [5.74, 6) is 0.951. The van der Waals surface area contributed by atoms with Crippen LogP contribution in [-0.2, 0) is 0 Å². The average Bonchev–Trinajstić information content (AvgIpc) is 2.65. The van der Waals surface area contributed by atoms with Gasteiger partial charge in [0, 0.05) is 20.2 Å². The zero-order valence-corrected chi connectivity index (χ0v) is 15.1. The van der Waals surface area contributed by atoms with Gasteiger partial charge in [-0.1, -0.05) is 33.6 Å². The van der Waals surface area contributed by atoms with Crippen molar-refractivity contribution >= 4 is 49.1 Å². The molecule has 0 bridgehead atoms. The van der Waals surface area contributed by atoms with Crippen molar-refractivity contribution < 1.29 is 4.74 Å². The van der Waals surface area contributed by atoms with Gasteiger partial charge in [-0.15, -0.1) is 0 Å². The summed E-state index contributed by atoms with van der Waals surface area (Å²) in [6.45, 7) is 0.756. The van der Waals surface area contributed by atoms with E-state index in [0.717, 1.165) is 39.8 Å². The highest BCUT2D eigenvalue weighted by molar-refractivity contribution is 9.10. The quantitative estimate of drug-likeness (QED) is 0.612. The molecule has 1 heterocycles. The average molecular weight is 432 g/mol. The first-order chi connectivity index (χ1) is 10.1. The molecule has 2 aromatic carbocycles. The standard InChI is InChI=1S/C16H14Br2ClNO/c17-10-3-5-12-15(2-1-7-21-16(12)8-10)20-11-4-6-14(19)13(18)9-11/h3-6,8-9,15,20H,1-2,7H2. The lowest BCUT2D eigenvalue weighted by molar-refractivity contribution is 0.316. The molecular formula is C16H14Br2ClNO. The molecule has 0 saturated heterocycles. The maximum absolute atomic E-state index is 6.05. The predicted octanol–water partition coefficient (Wildman–Crippen LogP) is 6.19. The van der Waals surface area contributed by atoms with Gasteiger partial charge in [0.1, 0.15) is 5.75 Å².